The molecule has 0 saturated heterocycles. The van der Waals surface area contributed by atoms with Gasteiger partial charge in [-0.1, -0.05) is 27.2 Å². The third-order valence-electron chi connectivity index (χ3n) is 6.91. The van der Waals surface area contributed by atoms with Crippen molar-refractivity contribution in [3.05, 3.63) is 12.2 Å². The highest BCUT2D eigenvalue weighted by molar-refractivity contribution is 8.00. The Labute approximate surface area is 273 Å². The van der Waals surface area contributed by atoms with Gasteiger partial charge >= 0.3 is 6.03 Å². The largest absolute Gasteiger partial charge is 0.352 e. The molecular weight excluding hydrogens is 644 g/mol. The molecule has 1 heterocycles. The Hall–Kier alpha value is -3.51. The van der Waals surface area contributed by atoms with Gasteiger partial charge in [-0.15, -0.1) is 0 Å². The van der Waals surface area contributed by atoms with E-state index < -0.39 is 80.7 Å². The molecule has 4 atom stereocenters. The number of hydrogen-bond donors (Lipinski definition) is 6. The topological polar surface area (TPSA) is 251 Å². The maximum absolute atomic E-state index is 13.3. The highest BCUT2D eigenvalue weighted by Crippen LogP contribution is 2.15. The smallest absolute Gasteiger partial charge is 0.312 e. The fraction of sp³-hybridized carbons (Fsp3) is 0.679. The molecule has 0 spiro atoms. The zero-order valence-corrected chi connectivity index (χ0v) is 28.2. The summed E-state index contributed by atoms with van der Waals surface area (Å²) >= 11 is 1.38. The molecule has 0 saturated carbocycles. The van der Waals surface area contributed by atoms with Crippen LogP contribution in [0, 0.1) is 5.92 Å². The average molecular weight is 691 g/mol. The minimum Gasteiger partial charge on any atom is -0.352 e. The van der Waals surface area contributed by atoms with E-state index in [9.17, 15) is 46.5 Å². The van der Waals surface area contributed by atoms with Crippen LogP contribution < -0.4 is 27.0 Å². The standard InChI is InChI=1S/C28H46N6O10S2/c1-5-45-18(4)25(38)19(10-9-14-30-28(29)41)32-27(40)24(17(2)3)33-26(39)20(16-46(42,43)44)31-21(35)11-7-6-8-15-34-22(36)12-13-23(34)37/h12-13,17-20,24H,5-11,14-16H2,1-4H3,(H,31,35)(H,32,40)(H,33,39)(H3,29,30,41)(H,42,43,44)/t18?,19-,20-,24-/m1/s1. The van der Waals surface area contributed by atoms with Crippen LogP contribution in [-0.4, -0.2) is 107 Å². The number of carbonyl (C=O) groups is 7. The Balaban J connectivity index is 2.89. The number of imide groups is 1. The van der Waals surface area contributed by atoms with Crippen molar-refractivity contribution in [3.63, 3.8) is 0 Å². The van der Waals surface area contributed by atoms with Crippen LogP contribution in [0.4, 0.5) is 4.79 Å². The van der Waals surface area contributed by atoms with Gasteiger partial charge in [0, 0.05) is 31.7 Å². The van der Waals surface area contributed by atoms with E-state index in [1.807, 2.05) is 6.92 Å². The van der Waals surface area contributed by atoms with Gasteiger partial charge in [0.25, 0.3) is 21.9 Å². The molecule has 16 nitrogen and oxygen atoms in total. The van der Waals surface area contributed by atoms with Crippen LogP contribution in [-0.2, 0) is 38.9 Å². The SMILES string of the molecule is CCSC(C)C(=O)[C@@H](CCCNC(N)=O)NC(=O)[C@H](NC(=O)[C@@H](CS(=O)(=O)O)NC(=O)CCCCCN1C(=O)C=CC1=O)C(C)C. The molecule has 1 aliphatic rings. The summed E-state index contributed by atoms with van der Waals surface area (Å²) in [5, 5.41) is 9.34. The number of Topliss-reactive ketones (excluding diaryl/α,β-unsaturated/α-hetero) is 1. The lowest BCUT2D eigenvalue weighted by Crippen LogP contribution is -2.59. The van der Waals surface area contributed by atoms with Gasteiger partial charge in [0.05, 0.1) is 11.3 Å². The highest BCUT2D eigenvalue weighted by atomic mass is 32.2. The summed E-state index contributed by atoms with van der Waals surface area (Å²) in [6.07, 6.45) is 3.87. The first-order chi connectivity index (χ1) is 21.5. The number of amides is 7. The number of thioether (sulfide) groups is 1. The van der Waals surface area contributed by atoms with Crippen LogP contribution in [0.15, 0.2) is 12.2 Å². The Morgan fingerprint density at radius 2 is 1.54 bits per heavy atom. The van der Waals surface area contributed by atoms with Crippen LogP contribution >= 0.6 is 11.8 Å². The summed E-state index contributed by atoms with van der Waals surface area (Å²) in [5.41, 5.74) is 5.08. The molecular formula is C28H46N6O10S2. The second-order valence-electron chi connectivity index (χ2n) is 11.1. The van der Waals surface area contributed by atoms with Gasteiger partial charge < -0.3 is 27.0 Å². The maximum atomic E-state index is 13.3. The van der Waals surface area contributed by atoms with Gasteiger partial charge in [0.1, 0.15) is 17.8 Å². The third-order valence-corrected chi connectivity index (χ3v) is 8.73. The van der Waals surface area contributed by atoms with Crippen molar-refractivity contribution < 1.29 is 46.5 Å². The molecule has 260 valence electrons. The van der Waals surface area contributed by atoms with Gasteiger partial charge in [-0.05, 0) is 44.3 Å². The van der Waals surface area contributed by atoms with Crippen LogP contribution in [0.5, 0.6) is 0 Å². The number of nitrogens with zero attached hydrogens (tertiary/aromatic N) is 1. The number of hydrogen-bond acceptors (Lipinski definition) is 10. The molecule has 0 aromatic heterocycles. The van der Waals surface area contributed by atoms with Crippen LogP contribution in [0.25, 0.3) is 0 Å². The van der Waals surface area contributed by atoms with Crippen molar-refractivity contribution in [2.75, 3.05) is 24.6 Å². The molecule has 0 bridgehead atoms. The van der Waals surface area contributed by atoms with Crippen molar-refractivity contribution in [1.82, 2.24) is 26.2 Å². The van der Waals surface area contributed by atoms with E-state index >= 15 is 0 Å². The number of rotatable bonds is 22. The van der Waals surface area contributed by atoms with Gasteiger partial charge in [-0.25, -0.2) is 4.79 Å². The molecule has 1 unspecified atom stereocenters. The molecule has 7 N–H and O–H groups in total. The number of urea groups is 1. The Kier molecular flexibility index (Phi) is 17.5. The predicted octanol–water partition coefficient (Wildman–Crippen LogP) is -0.371. The van der Waals surface area contributed by atoms with E-state index in [4.69, 9.17) is 5.73 Å². The van der Waals surface area contributed by atoms with Crippen molar-refractivity contribution in [2.45, 2.75) is 89.6 Å². The van der Waals surface area contributed by atoms with Crippen LogP contribution in [0.1, 0.15) is 66.2 Å². The number of nitrogens with one attached hydrogen (secondary N) is 4. The number of carbonyl (C=O) groups excluding carboxylic acids is 7. The Morgan fingerprint density at radius 1 is 0.913 bits per heavy atom. The molecule has 18 heteroatoms. The van der Waals surface area contributed by atoms with Gasteiger partial charge in [0.15, 0.2) is 5.78 Å². The van der Waals surface area contributed by atoms with E-state index in [1.54, 1.807) is 20.8 Å². The molecule has 7 amide bonds. The zero-order valence-electron chi connectivity index (χ0n) is 26.6. The maximum Gasteiger partial charge on any atom is 0.312 e. The predicted molar refractivity (Wildman–Crippen MR) is 171 cm³/mol. The number of nitrogens with two attached hydrogens (primary N) is 1. The first kappa shape index (κ1) is 40.5. The summed E-state index contributed by atoms with van der Waals surface area (Å²) in [4.78, 5) is 87.5. The summed E-state index contributed by atoms with van der Waals surface area (Å²) in [5.74, 6) is -4.59. The molecule has 0 aromatic carbocycles. The molecule has 0 fully saturated rings. The van der Waals surface area contributed by atoms with Gasteiger partial charge in [-0.3, -0.25) is 38.2 Å². The van der Waals surface area contributed by atoms with E-state index in [0.29, 0.717) is 31.4 Å². The van der Waals surface area contributed by atoms with Crippen molar-refractivity contribution in [2.24, 2.45) is 11.7 Å². The molecule has 1 rings (SSSR count). The third kappa shape index (κ3) is 15.2. The van der Waals surface area contributed by atoms with Crippen molar-refractivity contribution >= 4 is 63.2 Å². The average Bonchev–Trinajstić information content (AvgIpc) is 3.27. The second kappa shape index (κ2) is 19.9. The highest BCUT2D eigenvalue weighted by Gasteiger charge is 2.34. The molecule has 0 aromatic rings. The molecule has 0 aliphatic carbocycles. The lowest BCUT2D eigenvalue weighted by atomic mass is 10.00. The fourth-order valence-electron chi connectivity index (χ4n) is 4.51. The minimum atomic E-state index is -4.74. The van der Waals surface area contributed by atoms with Gasteiger partial charge in [0.2, 0.25) is 17.7 Å². The van der Waals surface area contributed by atoms with E-state index in [0.717, 1.165) is 4.90 Å². The number of unbranched alkanes of at least 4 members (excludes halogenated alkanes) is 2. The van der Waals surface area contributed by atoms with Crippen LogP contribution in [0.2, 0.25) is 0 Å². The van der Waals surface area contributed by atoms with E-state index in [-0.39, 0.29) is 31.7 Å². The number of primary amides is 1. The number of ketones is 1. The van der Waals surface area contributed by atoms with E-state index in [1.165, 1.54) is 23.9 Å². The quantitative estimate of drug-likeness (QED) is 0.0486. The lowest BCUT2D eigenvalue weighted by Gasteiger charge is -2.28. The molecule has 1 aliphatic heterocycles. The summed E-state index contributed by atoms with van der Waals surface area (Å²) in [6.45, 7) is 7.15. The monoisotopic (exact) mass is 690 g/mol. The lowest BCUT2D eigenvalue weighted by molar-refractivity contribution is -0.137. The zero-order chi connectivity index (χ0) is 35.0. The second-order valence-corrected chi connectivity index (χ2v) is 14.2. The van der Waals surface area contributed by atoms with Crippen LogP contribution in [0.3, 0.4) is 0 Å². The van der Waals surface area contributed by atoms with Crippen molar-refractivity contribution in [1.29, 1.82) is 0 Å². The summed E-state index contributed by atoms with van der Waals surface area (Å²) in [6, 6.07) is -4.67. The van der Waals surface area contributed by atoms with Gasteiger partial charge in [-0.2, -0.15) is 20.2 Å². The van der Waals surface area contributed by atoms with Crippen molar-refractivity contribution in [3.8, 4) is 0 Å². The fourth-order valence-corrected chi connectivity index (χ4v) is 6.00. The molecule has 0 radical (unpaired) electrons. The minimum absolute atomic E-state index is 0.119. The summed E-state index contributed by atoms with van der Waals surface area (Å²) in [7, 11) is -4.74. The first-order valence-corrected chi connectivity index (χ1v) is 17.7. The Bertz CT molecular complexity index is 1240. The summed E-state index contributed by atoms with van der Waals surface area (Å²) < 4.78 is 32.8. The van der Waals surface area contributed by atoms with E-state index in [2.05, 4.69) is 21.3 Å². The Morgan fingerprint density at radius 3 is 2.09 bits per heavy atom. The first-order valence-electron chi connectivity index (χ1n) is 15.0. The normalized spacial score (nSPS) is 15.7. The molecule has 46 heavy (non-hydrogen) atoms.